The maximum absolute atomic E-state index is 13.0. The molecule has 0 bridgehead atoms. The van der Waals surface area contributed by atoms with Crippen molar-refractivity contribution in [1.82, 2.24) is 0 Å². The normalized spacial score (nSPS) is 24.8. The van der Waals surface area contributed by atoms with Gasteiger partial charge in [-0.25, -0.2) is 9.69 Å². The van der Waals surface area contributed by atoms with E-state index in [1.807, 2.05) is 0 Å². The Kier molecular flexibility index (Phi) is 4.52. The van der Waals surface area contributed by atoms with E-state index in [2.05, 4.69) is 6.92 Å². The van der Waals surface area contributed by atoms with Crippen LogP contribution in [-0.2, 0) is 9.59 Å². The zero-order valence-corrected chi connectivity index (χ0v) is 15.4. The molecule has 140 valence electrons. The lowest BCUT2D eigenvalue weighted by molar-refractivity contribution is -0.122. The molecule has 1 aliphatic carbocycles. The maximum atomic E-state index is 13.0. The molecule has 0 N–H and O–H groups in total. The van der Waals surface area contributed by atoms with Crippen LogP contribution in [0.25, 0.3) is 0 Å². The highest BCUT2D eigenvalue weighted by Gasteiger charge is 2.50. The van der Waals surface area contributed by atoms with E-state index in [4.69, 9.17) is 20.8 Å². The number of ether oxygens (including phenoxy) is 1. The molecule has 1 aromatic heterocycles. The number of anilines is 1. The number of carbonyl (C=O) groups is 3. The largest absolute Gasteiger partial charge is 0.457 e. The van der Waals surface area contributed by atoms with Crippen molar-refractivity contribution in [3.8, 4) is 5.75 Å². The lowest BCUT2D eigenvalue weighted by atomic mass is 9.76. The van der Waals surface area contributed by atoms with Crippen LogP contribution in [0.5, 0.6) is 5.75 Å². The van der Waals surface area contributed by atoms with Crippen molar-refractivity contribution in [3.63, 3.8) is 0 Å². The molecule has 2 amide bonds. The Balaban J connectivity index is 1.69. The van der Waals surface area contributed by atoms with Crippen LogP contribution in [0, 0.1) is 17.8 Å². The molecule has 2 fully saturated rings. The molecule has 7 heteroatoms. The van der Waals surface area contributed by atoms with Gasteiger partial charge in [0, 0.05) is 5.02 Å². The number of hydrogen-bond donors (Lipinski definition) is 0. The first-order chi connectivity index (χ1) is 13.0. The Morgan fingerprint density at radius 2 is 1.96 bits per heavy atom. The van der Waals surface area contributed by atoms with E-state index in [0.29, 0.717) is 23.8 Å². The third-order valence-electron chi connectivity index (χ3n) is 5.27. The molecule has 0 radical (unpaired) electrons. The predicted octanol–water partition coefficient (Wildman–Crippen LogP) is 4.08. The van der Waals surface area contributed by atoms with Gasteiger partial charge in [0.1, 0.15) is 0 Å². The van der Waals surface area contributed by atoms with Crippen LogP contribution < -0.4 is 9.64 Å². The standard InChI is InChI=1S/C20H18ClNO5/c1-11-4-6-13-14(9-11)19(24)22(18(13)23)15-10-12(21)5-7-16(15)27-20(25)17-3-2-8-26-17/h2-3,5,7-8,10-11,13-14H,4,6,9H2,1H3/t11-,13+,14+/m0/s1. The van der Waals surface area contributed by atoms with Crippen LogP contribution in [0.15, 0.2) is 41.0 Å². The van der Waals surface area contributed by atoms with E-state index in [0.717, 1.165) is 11.3 Å². The number of benzene rings is 1. The van der Waals surface area contributed by atoms with Crippen molar-refractivity contribution < 1.29 is 23.5 Å². The van der Waals surface area contributed by atoms with Gasteiger partial charge < -0.3 is 9.15 Å². The molecular formula is C20H18ClNO5. The quantitative estimate of drug-likeness (QED) is 0.450. The minimum atomic E-state index is -0.714. The second kappa shape index (κ2) is 6.85. The summed E-state index contributed by atoms with van der Waals surface area (Å²) in [7, 11) is 0. The molecule has 1 aliphatic heterocycles. The van der Waals surface area contributed by atoms with Gasteiger partial charge in [0.2, 0.25) is 17.6 Å². The van der Waals surface area contributed by atoms with Crippen molar-refractivity contribution in [2.24, 2.45) is 17.8 Å². The highest BCUT2D eigenvalue weighted by atomic mass is 35.5. The zero-order valence-electron chi connectivity index (χ0n) is 14.7. The number of carbonyl (C=O) groups excluding carboxylic acids is 3. The fourth-order valence-corrected chi connectivity index (χ4v) is 4.09. The van der Waals surface area contributed by atoms with E-state index in [-0.39, 0.29) is 40.8 Å². The molecule has 0 spiro atoms. The molecule has 4 rings (SSSR count). The monoisotopic (exact) mass is 387 g/mol. The van der Waals surface area contributed by atoms with E-state index < -0.39 is 5.97 Å². The van der Waals surface area contributed by atoms with Gasteiger partial charge in [-0.05, 0) is 55.5 Å². The average molecular weight is 388 g/mol. The van der Waals surface area contributed by atoms with Crippen LogP contribution in [-0.4, -0.2) is 17.8 Å². The van der Waals surface area contributed by atoms with Crippen molar-refractivity contribution in [2.75, 3.05) is 4.90 Å². The fourth-order valence-electron chi connectivity index (χ4n) is 3.92. The van der Waals surface area contributed by atoms with Gasteiger partial charge in [0.25, 0.3) is 0 Å². The second-order valence-corrected chi connectivity index (χ2v) is 7.56. The van der Waals surface area contributed by atoms with Crippen molar-refractivity contribution in [2.45, 2.75) is 26.2 Å². The first-order valence-electron chi connectivity index (χ1n) is 8.88. The molecule has 27 heavy (non-hydrogen) atoms. The summed E-state index contributed by atoms with van der Waals surface area (Å²) in [5, 5.41) is 0.339. The van der Waals surface area contributed by atoms with Crippen LogP contribution in [0.2, 0.25) is 5.02 Å². The third-order valence-corrected chi connectivity index (χ3v) is 5.51. The summed E-state index contributed by atoms with van der Waals surface area (Å²) in [5.74, 6) is -1.35. The van der Waals surface area contributed by atoms with Gasteiger partial charge in [0.05, 0.1) is 23.8 Å². The number of hydrogen-bond acceptors (Lipinski definition) is 5. The average Bonchev–Trinajstić information content (AvgIpc) is 3.25. The predicted molar refractivity (Wildman–Crippen MR) is 97.6 cm³/mol. The summed E-state index contributed by atoms with van der Waals surface area (Å²) < 4.78 is 10.4. The van der Waals surface area contributed by atoms with E-state index >= 15 is 0 Å². The Morgan fingerprint density at radius 1 is 1.19 bits per heavy atom. The Labute approximate surface area is 161 Å². The van der Waals surface area contributed by atoms with E-state index in [9.17, 15) is 14.4 Å². The molecule has 1 saturated carbocycles. The summed E-state index contributed by atoms with van der Waals surface area (Å²) >= 11 is 6.09. The number of rotatable bonds is 3. The van der Waals surface area contributed by atoms with Gasteiger partial charge in [-0.2, -0.15) is 0 Å². The first kappa shape index (κ1) is 17.8. The summed E-state index contributed by atoms with van der Waals surface area (Å²) in [6.07, 6.45) is 3.66. The molecule has 2 heterocycles. The number of esters is 1. The highest BCUT2D eigenvalue weighted by molar-refractivity contribution is 6.31. The minimum Gasteiger partial charge on any atom is -0.457 e. The number of fused-ring (bicyclic) bond motifs is 1. The molecule has 0 unspecified atom stereocenters. The van der Waals surface area contributed by atoms with Gasteiger partial charge in [-0.15, -0.1) is 0 Å². The fraction of sp³-hybridized carbons (Fsp3) is 0.350. The summed E-state index contributed by atoms with van der Waals surface area (Å²) in [5.41, 5.74) is 0.194. The first-order valence-corrected chi connectivity index (χ1v) is 9.26. The van der Waals surface area contributed by atoms with Crippen LogP contribution in [0.1, 0.15) is 36.7 Å². The second-order valence-electron chi connectivity index (χ2n) is 7.12. The van der Waals surface area contributed by atoms with Gasteiger partial charge in [-0.1, -0.05) is 18.5 Å². The van der Waals surface area contributed by atoms with Crippen molar-refractivity contribution in [1.29, 1.82) is 0 Å². The van der Waals surface area contributed by atoms with E-state index in [1.54, 1.807) is 6.07 Å². The number of imide groups is 1. The van der Waals surface area contributed by atoms with E-state index in [1.165, 1.54) is 30.5 Å². The molecule has 1 saturated heterocycles. The Morgan fingerprint density at radius 3 is 2.70 bits per heavy atom. The molecule has 2 aliphatic rings. The number of halogens is 1. The molecule has 6 nitrogen and oxygen atoms in total. The van der Waals surface area contributed by atoms with Gasteiger partial charge >= 0.3 is 5.97 Å². The number of nitrogens with zero attached hydrogens (tertiary/aromatic N) is 1. The summed E-state index contributed by atoms with van der Waals surface area (Å²) in [6, 6.07) is 7.53. The maximum Gasteiger partial charge on any atom is 0.379 e. The number of amides is 2. The molecule has 3 atom stereocenters. The topological polar surface area (TPSA) is 76.8 Å². The molecule has 1 aromatic carbocycles. The van der Waals surface area contributed by atoms with Crippen molar-refractivity contribution >= 4 is 35.1 Å². The smallest absolute Gasteiger partial charge is 0.379 e. The van der Waals surface area contributed by atoms with Crippen molar-refractivity contribution in [3.05, 3.63) is 47.4 Å². The summed E-state index contributed by atoms with van der Waals surface area (Å²) in [6.45, 7) is 2.09. The lowest BCUT2D eigenvalue weighted by Gasteiger charge is -2.25. The SMILES string of the molecule is C[C@H]1CC[C@H]2C(=O)N(c3cc(Cl)ccc3OC(=O)c3ccco3)C(=O)[C@@H]2C1. The van der Waals surface area contributed by atoms with Gasteiger partial charge in [-0.3, -0.25) is 9.59 Å². The molecular weight excluding hydrogens is 370 g/mol. The zero-order chi connectivity index (χ0) is 19.1. The van der Waals surface area contributed by atoms with Crippen LogP contribution in [0.4, 0.5) is 5.69 Å². The highest BCUT2D eigenvalue weighted by Crippen LogP contribution is 2.44. The Hall–Kier alpha value is -2.60. The minimum absolute atomic E-state index is 0.0254. The van der Waals surface area contributed by atoms with Crippen LogP contribution >= 0.6 is 11.6 Å². The lowest BCUT2D eigenvalue weighted by Crippen LogP contribution is -2.31. The summed E-state index contributed by atoms with van der Waals surface area (Å²) in [4.78, 5) is 39.3. The molecule has 2 aromatic rings. The van der Waals surface area contributed by atoms with Gasteiger partial charge in [0.15, 0.2) is 5.75 Å². The van der Waals surface area contributed by atoms with Crippen LogP contribution in [0.3, 0.4) is 0 Å². The number of furan rings is 1. The Bertz CT molecular complexity index is 907. The third kappa shape index (κ3) is 3.14.